The van der Waals surface area contributed by atoms with E-state index in [9.17, 15) is 5.11 Å². The van der Waals surface area contributed by atoms with Crippen molar-refractivity contribution in [1.82, 2.24) is 4.98 Å². The highest BCUT2D eigenvalue weighted by Gasteiger charge is 2.04. The normalized spacial score (nSPS) is 10.6. The molecule has 0 fully saturated rings. The summed E-state index contributed by atoms with van der Waals surface area (Å²) in [5, 5.41) is 9.29. The van der Waals surface area contributed by atoms with Crippen molar-refractivity contribution >= 4 is 15.9 Å². The molecule has 2 rings (SSSR count). The predicted molar refractivity (Wildman–Crippen MR) is 82.6 cm³/mol. The molecule has 0 spiro atoms. The average Bonchev–Trinajstić information content (AvgIpc) is 2.45. The summed E-state index contributed by atoms with van der Waals surface area (Å²) in [5.74, 6) is 0.569. The van der Waals surface area contributed by atoms with Gasteiger partial charge in [-0.15, -0.1) is 0 Å². The lowest BCUT2D eigenvalue weighted by Gasteiger charge is -2.09. The van der Waals surface area contributed by atoms with Crippen molar-refractivity contribution in [3.8, 4) is 5.88 Å². The van der Waals surface area contributed by atoms with Crippen LogP contribution in [0, 0.1) is 0 Å². The summed E-state index contributed by atoms with van der Waals surface area (Å²) in [4.78, 5) is 4.46. The molecule has 1 aromatic carbocycles. The topological polar surface area (TPSA) is 42.4 Å². The maximum absolute atomic E-state index is 9.29. The number of benzene rings is 1. The summed E-state index contributed by atoms with van der Waals surface area (Å²) in [6.45, 7) is 2.58. The van der Waals surface area contributed by atoms with Gasteiger partial charge in [0.2, 0.25) is 5.88 Å². The molecule has 0 unspecified atom stereocenters. The van der Waals surface area contributed by atoms with E-state index in [4.69, 9.17) is 4.74 Å². The fourth-order valence-electron chi connectivity index (χ4n) is 1.95. The van der Waals surface area contributed by atoms with Crippen LogP contribution in [0.4, 0.5) is 0 Å². The number of aromatic nitrogens is 1. The molecule has 0 aliphatic carbocycles. The van der Waals surface area contributed by atoms with Crippen LogP contribution in [0.3, 0.4) is 0 Å². The van der Waals surface area contributed by atoms with Gasteiger partial charge in [0, 0.05) is 16.2 Å². The first-order valence-corrected chi connectivity index (χ1v) is 7.48. The molecule has 0 aliphatic rings. The molecule has 2 aromatic rings. The van der Waals surface area contributed by atoms with Crippen molar-refractivity contribution in [2.75, 3.05) is 0 Å². The highest BCUT2D eigenvalue weighted by molar-refractivity contribution is 9.10. The van der Waals surface area contributed by atoms with Gasteiger partial charge in [-0.1, -0.05) is 41.4 Å². The van der Waals surface area contributed by atoms with E-state index in [0.717, 1.165) is 34.1 Å². The van der Waals surface area contributed by atoms with Gasteiger partial charge >= 0.3 is 0 Å². The number of nitrogens with zero attached hydrogens (tertiary/aromatic N) is 1. The van der Waals surface area contributed by atoms with Gasteiger partial charge in [-0.25, -0.2) is 4.98 Å². The molecule has 0 atom stereocenters. The monoisotopic (exact) mass is 335 g/mol. The van der Waals surface area contributed by atoms with Gasteiger partial charge < -0.3 is 9.84 Å². The van der Waals surface area contributed by atoms with Crippen molar-refractivity contribution in [3.05, 3.63) is 57.7 Å². The zero-order valence-electron chi connectivity index (χ0n) is 11.5. The molecule has 1 heterocycles. The van der Waals surface area contributed by atoms with Crippen LogP contribution >= 0.6 is 15.9 Å². The van der Waals surface area contributed by atoms with Crippen molar-refractivity contribution in [1.29, 1.82) is 0 Å². The van der Waals surface area contributed by atoms with Gasteiger partial charge in [0.25, 0.3) is 0 Å². The van der Waals surface area contributed by atoms with Crippen LogP contribution in [0.25, 0.3) is 0 Å². The first-order chi connectivity index (χ1) is 9.71. The molecule has 1 aromatic heterocycles. The van der Waals surface area contributed by atoms with Gasteiger partial charge in [0.1, 0.15) is 6.61 Å². The number of aliphatic hydroxyl groups is 1. The molecule has 106 valence electrons. The van der Waals surface area contributed by atoms with E-state index in [1.54, 1.807) is 6.07 Å². The summed E-state index contributed by atoms with van der Waals surface area (Å²) < 4.78 is 6.76. The number of ether oxygens (including phenoxy) is 1. The van der Waals surface area contributed by atoms with Gasteiger partial charge in [0.15, 0.2) is 0 Å². The SMILES string of the molecule is CCCc1cc(CO)cc(OCc2cccc(Br)c2)n1. The Kier molecular flexibility index (Phi) is 5.56. The zero-order valence-corrected chi connectivity index (χ0v) is 13.1. The van der Waals surface area contributed by atoms with E-state index in [1.807, 2.05) is 30.3 Å². The third-order valence-electron chi connectivity index (χ3n) is 2.88. The lowest BCUT2D eigenvalue weighted by molar-refractivity contribution is 0.274. The number of pyridine rings is 1. The second kappa shape index (κ2) is 7.41. The first kappa shape index (κ1) is 15.0. The smallest absolute Gasteiger partial charge is 0.214 e. The standard InChI is InChI=1S/C16H18BrNO2/c1-2-4-15-8-13(10-19)9-16(18-15)20-11-12-5-3-6-14(17)7-12/h3,5-9,19H,2,4,10-11H2,1H3. The van der Waals surface area contributed by atoms with Gasteiger partial charge in [0.05, 0.1) is 6.61 Å². The number of halogens is 1. The maximum atomic E-state index is 9.29. The Morgan fingerprint density at radius 3 is 2.75 bits per heavy atom. The number of rotatable bonds is 6. The highest BCUT2D eigenvalue weighted by atomic mass is 79.9. The van der Waals surface area contributed by atoms with Crippen molar-refractivity contribution in [3.63, 3.8) is 0 Å². The zero-order chi connectivity index (χ0) is 14.4. The molecule has 4 heteroatoms. The van der Waals surface area contributed by atoms with Crippen molar-refractivity contribution in [2.24, 2.45) is 0 Å². The van der Waals surface area contributed by atoms with Gasteiger partial charge in [-0.05, 0) is 35.7 Å². The minimum atomic E-state index is 0.00643. The fraction of sp³-hybridized carbons (Fsp3) is 0.312. The van der Waals surface area contributed by atoms with Crippen LogP contribution < -0.4 is 4.74 Å². The lowest BCUT2D eigenvalue weighted by Crippen LogP contribution is -2.01. The number of aliphatic hydroxyl groups excluding tert-OH is 1. The van der Waals surface area contributed by atoms with E-state index < -0.39 is 0 Å². The largest absolute Gasteiger partial charge is 0.473 e. The minimum Gasteiger partial charge on any atom is -0.473 e. The first-order valence-electron chi connectivity index (χ1n) is 6.69. The average molecular weight is 336 g/mol. The molecular formula is C16H18BrNO2. The van der Waals surface area contributed by atoms with Crippen LogP contribution in [-0.2, 0) is 19.6 Å². The second-order valence-electron chi connectivity index (χ2n) is 4.63. The quantitative estimate of drug-likeness (QED) is 0.871. The molecule has 20 heavy (non-hydrogen) atoms. The summed E-state index contributed by atoms with van der Waals surface area (Å²) in [7, 11) is 0. The molecule has 0 saturated carbocycles. The van der Waals surface area contributed by atoms with Gasteiger partial charge in [-0.3, -0.25) is 0 Å². The van der Waals surface area contributed by atoms with Crippen LogP contribution in [0.1, 0.15) is 30.2 Å². The molecular weight excluding hydrogens is 318 g/mol. The fourth-order valence-corrected chi connectivity index (χ4v) is 2.40. The molecule has 3 nitrogen and oxygen atoms in total. The Hall–Kier alpha value is -1.39. The Morgan fingerprint density at radius 1 is 1.20 bits per heavy atom. The van der Waals surface area contributed by atoms with E-state index in [2.05, 4.69) is 27.8 Å². The maximum Gasteiger partial charge on any atom is 0.214 e. The Bertz CT molecular complexity index is 572. The van der Waals surface area contributed by atoms with E-state index in [0.29, 0.717) is 12.5 Å². The minimum absolute atomic E-state index is 0.00643. The summed E-state index contributed by atoms with van der Waals surface area (Å²) in [5.41, 5.74) is 2.88. The Labute approximate surface area is 127 Å². The van der Waals surface area contributed by atoms with Crippen LogP contribution in [0.5, 0.6) is 5.88 Å². The molecule has 1 N–H and O–H groups in total. The lowest BCUT2D eigenvalue weighted by atomic mass is 10.2. The number of hydrogen-bond donors (Lipinski definition) is 1. The van der Waals surface area contributed by atoms with Crippen LogP contribution in [0.2, 0.25) is 0 Å². The molecule has 0 bridgehead atoms. The highest BCUT2D eigenvalue weighted by Crippen LogP contribution is 2.17. The Morgan fingerprint density at radius 2 is 2.05 bits per heavy atom. The van der Waals surface area contributed by atoms with Gasteiger partial charge in [-0.2, -0.15) is 0 Å². The third kappa shape index (κ3) is 4.32. The number of hydrogen-bond acceptors (Lipinski definition) is 3. The summed E-state index contributed by atoms with van der Waals surface area (Å²) in [6.07, 6.45) is 1.91. The van der Waals surface area contributed by atoms with Crippen LogP contribution in [0.15, 0.2) is 40.9 Å². The molecule has 0 saturated heterocycles. The second-order valence-corrected chi connectivity index (χ2v) is 5.55. The van der Waals surface area contributed by atoms with E-state index >= 15 is 0 Å². The molecule has 0 amide bonds. The molecule has 0 radical (unpaired) electrons. The number of aryl methyl sites for hydroxylation is 1. The van der Waals surface area contributed by atoms with Crippen LogP contribution in [-0.4, -0.2) is 10.1 Å². The summed E-state index contributed by atoms with van der Waals surface area (Å²) in [6, 6.07) is 11.7. The van der Waals surface area contributed by atoms with E-state index in [-0.39, 0.29) is 6.61 Å². The van der Waals surface area contributed by atoms with Crippen molar-refractivity contribution in [2.45, 2.75) is 33.0 Å². The van der Waals surface area contributed by atoms with Crippen molar-refractivity contribution < 1.29 is 9.84 Å². The predicted octanol–water partition coefficient (Wildman–Crippen LogP) is 3.87. The van der Waals surface area contributed by atoms with E-state index in [1.165, 1.54) is 0 Å². The summed E-state index contributed by atoms with van der Waals surface area (Å²) >= 11 is 3.44. The Balaban J connectivity index is 2.10. The molecule has 0 aliphatic heterocycles. The third-order valence-corrected chi connectivity index (χ3v) is 3.37.